The van der Waals surface area contributed by atoms with Gasteiger partial charge in [-0.25, -0.2) is 4.79 Å². The third kappa shape index (κ3) is 3.35. The Balaban J connectivity index is 2.69. The fourth-order valence-corrected chi connectivity index (χ4v) is 2.05. The van der Waals surface area contributed by atoms with Gasteiger partial charge in [0.2, 0.25) is 0 Å². The van der Waals surface area contributed by atoms with Crippen LogP contribution < -0.4 is 0 Å². The van der Waals surface area contributed by atoms with Crippen molar-refractivity contribution in [3.8, 4) is 0 Å². The van der Waals surface area contributed by atoms with Gasteiger partial charge in [0.1, 0.15) is 5.60 Å². The van der Waals surface area contributed by atoms with Gasteiger partial charge in [-0.2, -0.15) is 0 Å². The molecule has 18 heavy (non-hydrogen) atoms. The lowest BCUT2D eigenvalue weighted by Gasteiger charge is -2.26. The van der Waals surface area contributed by atoms with Crippen molar-refractivity contribution in [3.05, 3.63) is 0 Å². The van der Waals surface area contributed by atoms with E-state index in [0.29, 0.717) is 13.0 Å². The standard InChI is InChI=1S/C12H21NO5/c1-11(2,3)18-10(17)13-6-4-12(8-13,5-7-14)9(15)16/h14H,4-8H2,1-3H3,(H,15,16). The highest BCUT2D eigenvalue weighted by Crippen LogP contribution is 2.34. The number of ether oxygens (including phenoxy) is 1. The lowest BCUT2D eigenvalue weighted by Crippen LogP contribution is -2.39. The van der Waals surface area contributed by atoms with Crippen LogP contribution in [0.2, 0.25) is 0 Å². The largest absolute Gasteiger partial charge is 0.481 e. The van der Waals surface area contributed by atoms with E-state index in [0.717, 1.165) is 0 Å². The molecular weight excluding hydrogens is 238 g/mol. The minimum Gasteiger partial charge on any atom is -0.481 e. The minimum absolute atomic E-state index is 0.0950. The molecule has 0 aromatic rings. The first kappa shape index (κ1) is 14.8. The molecular formula is C12H21NO5. The van der Waals surface area contributed by atoms with Gasteiger partial charge in [0, 0.05) is 19.7 Å². The number of carbonyl (C=O) groups excluding carboxylic acids is 1. The molecule has 0 aliphatic carbocycles. The van der Waals surface area contributed by atoms with Crippen LogP contribution in [0.25, 0.3) is 0 Å². The smallest absolute Gasteiger partial charge is 0.410 e. The average molecular weight is 259 g/mol. The number of likely N-dealkylation sites (tertiary alicyclic amines) is 1. The fraction of sp³-hybridized carbons (Fsp3) is 0.833. The van der Waals surface area contributed by atoms with E-state index in [-0.39, 0.29) is 19.6 Å². The summed E-state index contributed by atoms with van der Waals surface area (Å²) >= 11 is 0. The Labute approximate surface area is 107 Å². The molecule has 0 spiro atoms. The van der Waals surface area contributed by atoms with Crippen LogP contribution in [0, 0.1) is 5.41 Å². The average Bonchev–Trinajstić information content (AvgIpc) is 2.61. The molecule has 0 aromatic carbocycles. The Morgan fingerprint density at radius 1 is 1.39 bits per heavy atom. The lowest BCUT2D eigenvalue weighted by molar-refractivity contribution is -0.149. The molecule has 0 saturated carbocycles. The maximum Gasteiger partial charge on any atom is 0.410 e. The van der Waals surface area contributed by atoms with Crippen molar-refractivity contribution in [2.24, 2.45) is 5.41 Å². The second-order valence-corrected chi connectivity index (χ2v) is 5.71. The van der Waals surface area contributed by atoms with Crippen LogP contribution in [0.3, 0.4) is 0 Å². The number of rotatable bonds is 3. The third-order valence-corrected chi connectivity index (χ3v) is 3.05. The first-order valence-corrected chi connectivity index (χ1v) is 6.02. The van der Waals surface area contributed by atoms with Crippen molar-refractivity contribution < 1.29 is 24.5 Å². The molecule has 1 unspecified atom stereocenters. The van der Waals surface area contributed by atoms with Crippen LogP contribution in [0.5, 0.6) is 0 Å². The molecule has 6 nitrogen and oxygen atoms in total. The van der Waals surface area contributed by atoms with Crippen LogP contribution in [-0.2, 0) is 9.53 Å². The normalized spacial score (nSPS) is 24.1. The van der Waals surface area contributed by atoms with Crippen LogP contribution >= 0.6 is 0 Å². The highest BCUT2D eigenvalue weighted by atomic mass is 16.6. The van der Waals surface area contributed by atoms with Gasteiger partial charge in [-0.3, -0.25) is 4.79 Å². The van der Waals surface area contributed by atoms with Crippen molar-refractivity contribution in [1.82, 2.24) is 4.90 Å². The Morgan fingerprint density at radius 3 is 2.44 bits per heavy atom. The number of hydrogen-bond donors (Lipinski definition) is 2. The molecule has 1 amide bonds. The zero-order chi connectivity index (χ0) is 14.0. The van der Waals surface area contributed by atoms with Gasteiger partial charge in [-0.05, 0) is 33.6 Å². The van der Waals surface area contributed by atoms with Crippen LogP contribution in [0.15, 0.2) is 0 Å². The number of hydrogen-bond acceptors (Lipinski definition) is 4. The summed E-state index contributed by atoms with van der Waals surface area (Å²) in [7, 11) is 0. The second-order valence-electron chi connectivity index (χ2n) is 5.71. The van der Waals surface area contributed by atoms with Gasteiger partial charge in [-0.1, -0.05) is 0 Å². The Hall–Kier alpha value is -1.30. The van der Waals surface area contributed by atoms with Crippen molar-refractivity contribution in [3.63, 3.8) is 0 Å². The van der Waals surface area contributed by atoms with Crippen LogP contribution in [0.1, 0.15) is 33.6 Å². The second kappa shape index (κ2) is 5.14. The number of amides is 1. The summed E-state index contributed by atoms with van der Waals surface area (Å²) in [6.07, 6.45) is 0.00704. The summed E-state index contributed by atoms with van der Waals surface area (Å²) in [4.78, 5) is 24.5. The molecule has 1 fully saturated rings. The van der Waals surface area contributed by atoms with Gasteiger partial charge < -0.3 is 19.8 Å². The molecule has 0 radical (unpaired) electrons. The predicted octanol–water partition coefficient (Wildman–Crippen LogP) is 1.08. The third-order valence-electron chi connectivity index (χ3n) is 3.05. The summed E-state index contributed by atoms with van der Waals surface area (Å²) in [5, 5.41) is 18.2. The van der Waals surface area contributed by atoms with E-state index >= 15 is 0 Å². The zero-order valence-corrected chi connectivity index (χ0v) is 11.1. The van der Waals surface area contributed by atoms with Crippen molar-refractivity contribution in [2.75, 3.05) is 19.7 Å². The molecule has 1 atom stereocenters. The molecule has 6 heteroatoms. The van der Waals surface area contributed by atoms with Gasteiger partial charge in [-0.15, -0.1) is 0 Å². The molecule has 104 valence electrons. The number of carbonyl (C=O) groups is 2. The molecule has 1 aliphatic rings. The Bertz CT molecular complexity index is 336. The van der Waals surface area contributed by atoms with E-state index < -0.39 is 23.1 Å². The summed E-state index contributed by atoms with van der Waals surface area (Å²) in [6.45, 7) is 5.53. The van der Waals surface area contributed by atoms with E-state index in [2.05, 4.69) is 0 Å². The first-order chi connectivity index (χ1) is 8.20. The molecule has 1 heterocycles. The highest BCUT2D eigenvalue weighted by molar-refractivity contribution is 5.78. The van der Waals surface area contributed by atoms with E-state index in [9.17, 15) is 14.7 Å². The number of aliphatic hydroxyl groups excluding tert-OH is 1. The molecule has 1 rings (SSSR count). The Morgan fingerprint density at radius 2 is 2.00 bits per heavy atom. The number of aliphatic hydroxyl groups is 1. The Kier molecular flexibility index (Phi) is 4.21. The minimum atomic E-state index is -1.04. The monoisotopic (exact) mass is 259 g/mol. The lowest BCUT2D eigenvalue weighted by atomic mass is 9.84. The van der Waals surface area contributed by atoms with E-state index in [4.69, 9.17) is 9.84 Å². The van der Waals surface area contributed by atoms with Gasteiger partial charge in [0.05, 0.1) is 5.41 Å². The molecule has 1 saturated heterocycles. The number of nitrogens with zero attached hydrogens (tertiary/aromatic N) is 1. The molecule has 0 bridgehead atoms. The van der Waals surface area contributed by atoms with Crippen molar-refractivity contribution in [1.29, 1.82) is 0 Å². The van der Waals surface area contributed by atoms with Gasteiger partial charge in [0.25, 0.3) is 0 Å². The van der Waals surface area contributed by atoms with Crippen molar-refractivity contribution in [2.45, 2.75) is 39.2 Å². The highest BCUT2D eigenvalue weighted by Gasteiger charge is 2.46. The summed E-state index contributed by atoms with van der Waals surface area (Å²) in [6, 6.07) is 0. The summed E-state index contributed by atoms with van der Waals surface area (Å²) in [5.41, 5.74) is -1.63. The maximum absolute atomic E-state index is 11.8. The molecule has 1 aliphatic heterocycles. The van der Waals surface area contributed by atoms with Crippen LogP contribution in [0.4, 0.5) is 4.79 Å². The number of carboxylic acid groups (broad SMARTS) is 1. The summed E-state index contributed by atoms with van der Waals surface area (Å²) < 4.78 is 5.20. The van der Waals surface area contributed by atoms with Crippen LogP contribution in [-0.4, -0.2) is 52.5 Å². The number of aliphatic carboxylic acids is 1. The maximum atomic E-state index is 11.8. The number of carboxylic acids is 1. The zero-order valence-electron chi connectivity index (χ0n) is 11.1. The SMILES string of the molecule is CC(C)(C)OC(=O)N1CCC(CCO)(C(=O)O)C1. The van der Waals surface area contributed by atoms with Crippen molar-refractivity contribution >= 4 is 12.1 Å². The van der Waals surface area contributed by atoms with E-state index in [1.807, 2.05) is 0 Å². The first-order valence-electron chi connectivity index (χ1n) is 6.02. The summed E-state index contributed by atoms with van der Waals surface area (Å²) in [5.74, 6) is -0.970. The van der Waals surface area contributed by atoms with E-state index in [1.54, 1.807) is 20.8 Å². The van der Waals surface area contributed by atoms with Gasteiger partial charge in [0.15, 0.2) is 0 Å². The molecule has 2 N–H and O–H groups in total. The van der Waals surface area contributed by atoms with Gasteiger partial charge >= 0.3 is 12.1 Å². The topological polar surface area (TPSA) is 87.1 Å². The fourth-order valence-electron chi connectivity index (χ4n) is 2.05. The predicted molar refractivity (Wildman–Crippen MR) is 64.2 cm³/mol. The molecule has 0 aromatic heterocycles. The quantitative estimate of drug-likeness (QED) is 0.792. The van der Waals surface area contributed by atoms with E-state index in [1.165, 1.54) is 4.90 Å².